The van der Waals surface area contributed by atoms with Crippen molar-refractivity contribution < 1.29 is 4.74 Å². The quantitative estimate of drug-likeness (QED) is 0.665. The first-order valence-electron chi connectivity index (χ1n) is 5.18. The maximum atomic E-state index is 5.67. The summed E-state index contributed by atoms with van der Waals surface area (Å²) in [6.45, 7) is 6.65. The van der Waals surface area contributed by atoms with Gasteiger partial charge in [-0.2, -0.15) is 0 Å². The second-order valence-electron chi connectivity index (χ2n) is 3.38. The third-order valence-corrected chi connectivity index (χ3v) is 2.20. The zero-order chi connectivity index (χ0) is 10.4. The second kappa shape index (κ2) is 5.53. The average molecular weight is 193 g/mol. The van der Waals surface area contributed by atoms with Crippen LogP contribution in [0.15, 0.2) is 36.4 Å². The molecule has 1 rings (SSSR count). The molecule has 1 aliphatic rings. The molecule has 0 unspecified atom stereocenters. The van der Waals surface area contributed by atoms with Crippen molar-refractivity contribution in [3.63, 3.8) is 0 Å². The predicted molar refractivity (Wildman–Crippen MR) is 59.6 cm³/mol. The van der Waals surface area contributed by atoms with Gasteiger partial charge in [-0.1, -0.05) is 19.6 Å². The summed E-state index contributed by atoms with van der Waals surface area (Å²) in [7, 11) is 1.99. The lowest BCUT2D eigenvalue weighted by Gasteiger charge is -2.23. The molecule has 0 N–H and O–H groups in total. The van der Waals surface area contributed by atoms with Gasteiger partial charge in [-0.3, -0.25) is 0 Å². The van der Waals surface area contributed by atoms with Crippen LogP contribution in [-0.2, 0) is 4.74 Å². The molecule has 0 aromatic carbocycles. The Morgan fingerprint density at radius 1 is 1.50 bits per heavy atom. The van der Waals surface area contributed by atoms with Crippen LogP contribution in [-0.4, -0.2) is 18.6 Å². The summed E-state index contributed by atoms with van der Waals surface area (Å²) >= 11 is 0. The summed E-state index contributed by atoms with van der Waals surface area (Å²) in [5.74, 6) is 1.00. The number of ether oxygens (including phenoxy) is 1. The minimum absolute atomic E-state index is 0.786. The van der Waals surface area contributed by atoms with Gasteiger partial charge in [0.15, 0.2) is 0 Å². The molecule has 2 heteroatoms. The molecule has 0 saturated heterocycles. The van der Waals surface area contributed by atoms with E-state index in [1.165, 1.54) is 0 Å². The second-order valence-corrected chi connectivity index (χ2v) is 3.38. The Morgan fingerprint density at radius 3 is 2.86 bits per heavy atom. The number of rotatable bonds is 5. The van der Waals surface area contributed by atoms with Gasteiger partial charge in [0.05, 0.1) is 12.3 Å². The van der Waals surface area contributed by atoms with Crippen LogP contribution in [0.1, 0.15) is 26.2 Å². The molecule has 14 heavy (non-hydrogen) atoms. The first-order valence-corrected chi connectivity index (χ1v) is 5.18. The summed E-state index contributed by atoms with van der Waals surface area (Å²) in [5, 5.41) is 0. The van der Waals surface area contributed by atoms with E-state index in [0.29, 0.717) is 0 Å². The van der Waals surface area contributed by atoms with Gasteiger partial charge in [0.2, 0.25) is 0 Å². The van der Waals surface area contributed by atoms with Crippen LogP contribution < -0.4 is 0 Å². The molecule has 1 aliphatic carbocycles. The monoisotopic (exact) mass is 193 g/mol. The van der Waals surface area contributed by atoms with Gasteiger partial charge in [0.1, 0.15) is 5.76 Å². The van der Waals surface area contributed by atoms with Crippen molar-refractivity contribution in [3.05, 3.63) is 36.4 Å². The molecule has 0 bridgehead atoms. The van der Waals surface area contributed by atoms with E-state index in [1.807, 2.05) is 11.9 Å². The molecule has 78 valence electrons. The van der Waals surface area contributed by atoms with Gasteiger partial charge in [0, 0.05) is 7.05 Å². The maximum Gasteiger partial charge on any atom is 0.138 e. The van der Waals surface area contributed by atoms with Gasteiger partial charge in [-0.05, 0) is 31.5 Å². The largest absolute Gasteiger partial charge is 0.492 e. The highest BCUT2D eigenvalue weighted by molar-refractivity contribution is 5.28. The van der Waals surface area contributed by atoms with Crippen LogP contribution in [0.4, 0.5) is 0 Å². The van der Waals surface area contributed by atoms with Crippen molar-refractivity contribution in [3.8, 4) is 0 Å². The van der Waals surface area contributed by atoms with Gasteiger partial charge < -0.3 is 9.64 Å². The van der Waals surface area contributed by atoms with Crippen molar-refractivity contribution in [2.24, 2.45) is 0 Å². The van der Waals surface area contributed by atoms with E-state index in [2.05, 4.69) is 25.7 Å². The highest BCUT2D eigenvalue weighted by Crippen LogP contribution is 2.22. The van der Waals surface area contributed by atoms with Gasteiger partial charge in [-0.25, -0.2) is 0 Å². The number of nitrogens with zero attached hydrogens (tertiary/aromatic N) is 1. The molecule has 0 aliphatic heterocycles. The van der Waals surface area contributed by atoms with Crippen LogP contribution in [0.25, 0.3) is 0 Å². The fourth-order valence-corrected chi connectivity index (χ4v) is 1.40. The SMILES string of the molecule is C=CN(C)C1=CCCC=C1OCCC. The Balaban J connectivity index is 2.65. The Labute approximate surface area is 86.6 Å². The number of allylic oxidation sites excluding steroid dienone is 2. The van der Waals surface area contributed by atoms with Crippen LogP contribution in [0.5, 0.6) is 0 Å². The van der Waals surface area contributed by atoms with Gasteiger partial charge in [-0.15, -0.1) is 0 Å². The zero-order valence-corrected chi connectivity index (χ0v) is 9.12. The molecule has 0 aromatic heterocycles. The van der Waals surface area contributed by atoms with E-state index in [9.17, 15) is 0 Å². The minimum atomic E-state index is 0.786. The lowest BCUT2D eigenvalue weighted by molar-refractivity contribution is 0.207. The van der Waals surface area contributed by atoms with Crippen molar-refractivity contribution in [2.75, 3.05) is 13.7 Å². The topological polar surface area (TPSA) is 12.5 Å². The summed E-state index contributed by atoms with van der Waals surface area (Å²) in [6.07, 6.45) is 9.38. The molecular weight excluding hydrogens is 174 g/mol. The van der Waals surface area contributed by atoms with Crippen molar-refractivity contribution in [1.29, 1.82) is 0 Å². The number of likely N-dealkylation sites (N-methyl/N-ethyl adjacent to an activating group) is 1. The summed E-state index contributed by atoms with van der Waals surface area (Å²) in [6, 6.07) is 0. The summed E-state index contributed by atoms with van der Waals surface area (Å²) in [4.78, 5) is 2.00. The molecule has 0 radical (unpaired) electrons. The molecule has 0 aromatic rings. The number of hydrogen-bond acceptors (Lipinski definition) is 2. The highest BCUT2D eigenvalue weighted by Gasteiger charge is 2.12. The summed E-state index contributed by atoms with van der Waals surface area (Å²) in [5.41, 5.74) is 1.14. The van der Waals surface area contributed by atoms with Crippen LogP contribution >= 0.6 is 0 Å². The molecule has 0 fully saturated rings. The van der Waals surface area contributed by atoms with Crippen molar-refractivity contribution >= 4 is 0 Å². The third-order valence-electron chi connectivity index (χ3n) is 2.20. The maximum absolute atomic E-state index is 5.67. The standard InChI is InChI=1S/C12H19NO/c1-4-10-14-12-9-7-6-8-11(12)13(3)5-2/h5,8-9H,2,4,6-7,10H2,1,3H3. The Morgan fingerprint density at radius 2 is 2.21 bits per heavy atom. The van der Waals surface area contributed by atoms with E-state index < -0.39 is 0 Å². The van der Waals surface area contributed by atoms with E-state index >= 15 is 0 Å². The van der Waals surface area contributed by atoms with Crippen molar-refractivity contribution in [1.82, 2.24) is 4.90 Å². The smallest absolute Gasteiger partial charge is 0.138 e. The number of hydrogen-bond donors (Lipinski definition) is 0. The first-order chi connectivity index (χ1) is 6.79. The predicted octanol–water partition coefficient (Wildman–Crippen LogP) is 3.05. The molecule has 2 nitrogen and oxygen atoms in total. The molecule has 0 amide bonds. The lowest BCUT2D eigenvalue weighted by atomic mass is 10.1. The molecule has 0 saturated carbocycles. The van der Waals surface area contributed by atoms with Crippen molar-refractivity contribution in [2.45, 2.75) is 26.2 Å². The minimum Gasteiger partial charge on any atom is -0.492 e. The van der Waals surface area contributed by atoms with Crippen LogP contribution in [0, 0.1) is 0 Å². The van der Waals surface area contributed by atoms with E-state index in [1.54, 1.807) is 6.20 Å². The van der Waals surface area contributed by atoms with E-state index in [-0.39, 0.29) is 0 Å². The molecular formula is C12H19NO. The Kier molecular flexibility index (Phi) is 4.30. The van der Waals surface area contributed by atoms with E-state index in [0.717, 1.165) is 37.3 Å². The summed E-state index contributed by atoms with van der Waals surface area (Å²) < 4.78 is 5.67. The fourth-order valence-electron chi connectivity index (χ4n) is 1.40. The van der Waals surface area contributed by atoms with Crippen LogP contribution in [0.2, 0.25) is 0 Å². The highest BCUT2D eigenvalue weighted by atomic mass is 16.5. The average Bonchev–Trinajstić information content (AvgIpc) is 2.25. The van der Waals surface area contributed by atoms with Gasteiger partial charge >= 0.3 is 0 Å². The van der Waals surface area contributed by atoms with E-state index in [4.69, 9.17) is 4.74 Å². The lowest BCUT2D eigenvalue weighted by Crippen LogP contribution is -2.15. The molecule has 0 heterocycles. The zero-order valence-electron chi connectivity index (χ0n) is 9.12. The third kappa shape index (κ3) is 2.66. The fraction of sp³-hybridized carbons (Fsp3) is 0.500. The molecule has 0 spiro atoms. The van der Waals surface area contributed by atoms with Gasteiger partial charge in [0.25, 0.3) is 0 Å². The Hall–Kier alpha value is -1.18. The van der Waals surface area contributed by atoms with Crippen LogP contribution in [0.3, 0.4) is 0 Å². The Bertz CT molecular complexity index is 253. The molecule has 0 atom stereocenters. The normalized spacial score (nSPS) is 15.6. The first kappa shape index (κ1) is 10.9.